The molecule has 1 fully saturated rings. The maximum Gasteiger partial charge on any atom is 0.253 e. The predicted octanol–water partition coefficient (Wildman–Crippen LogP) is 4.92. The maximum atomic E-state index is 14.8. The van der Waals surface area contributed by atoms with Gasteiger partial charge in [0, 0.05) is 23.3 Å². The van der Waals surface area contributed by atoms with E-state index in [1.807, 2.05) is 59.3 Å². The Kier molecular flexibility index (Phi) is 5.92. The minimum absolute atomic E-state index is 0.279. The van der Waals surface area contributed by atoms with Gasteiger partial charge in [-0.25, -0.2) is 4.39 Å². The molecule has 5 rings (SSSR count). The number of pyridine rings is 1. The number of aliphatic hydroxyl groups is 1. The third-order valence-electron chi connectivity index (χ3n) is 6.41. The van der Waals surface area contributed by atoms with E-state index in [0.29, 0.717) is 23.9 Å². The number of carbonyl (C=O) groups excluding carboxylic acids is 1. The standard InChI is InChI=1S/C27H26FN3O2/c28-22-9-6-11-24-26(22)21(27(33)30-23-10-4-5-12-25(23)32)17-31(24)16-20-14-13-19(15-29-20)18-7-2-1-3-8-18/h1-3,6-9,11,13-15,17,23,25,32H,4-5,10,12,16H2,(H,30,33). The van der Waals surface area contributed by atoms with Crippen molar-refractivity contribution < 1.29 is 14.3 Å². The van der Waals surface area contributed by atoms with Crippen LogP contribution in [0.2, 0.25) is 0 Å². The van der Waals surface area contributed by atoms with Gasteiger partial charge in [-0.05, 0) is 36.6 Å². The van der Waals surface area contributed by atoms with Crippen LogP contribution in [-0.2, 0) is 6.54 Å². The van der Waals surface area contributed by atoms with E-state index in [1.165, 1.54) is 6.07 Å². The second-order valence-electron chi connectivity index (χ2n) is 8.64. The van der Waals surface area contributed by atoms with E-state index in [0.717, 1.165) is 36.1 Å². The molecule has 2 atom stereocenters. The molecule has 2 aromatic heterocycles. The first-order chi connectivity index (χ1) is 16.1. The molecule has 0 saturated heterocycles. The van der Waals surface area contributed by atoms with E-state index in [1.54, 1.807) is 12.3 Å². The Hall–Kier alpha value is -3.51. The van der Waals surface area contributed by atoms with Crippen LogP contribution in [0.4, 0.5) is 4.39 Å². The minimum atomic E-state index is -0.562. The Labute approximate surface area is 191 Å². The molecule has 1 aliphatic carbocycles. The average Bonchev–Trinajstić information content (AvgIpc) is 3.21. The minimum Gasteiger partial charge on any atom is -0.391 e. The number of benzene rings is 2. The fourth-order valence-electron chi connectivity index (χ4n) is 4.63. The van der Waals surface area contributed by atoms with E-state index >= 15 is 0 Å². The number of nitrogens with zero attached hydrogens (tertiary/aromatic N) is 2. The Morgan fingerprint density at radius 3 is 2.61 bits per heavy atom. The van der Waals surface area contributed by atoms with Gasteiger partial charge in [-0.15, -0.1) is 0 Å². The molecule has 0 bridgehead atoms. The molecule has 1 saturated carbocycles. The fourth-order valence-corrected chi connectivity index (χ4v) is 4.63. The van der Waals surface area contributed by atoms with Crippen LogP contribution in [0.3, 0.4) is 0 Å². The molecule has 168 valence electrons. The lowest BCUT2D eigenvalue weighted by atomic mass is 9.92. The highest BCUT2D eigenvalue weighted by Crippen LogP contribution is 2.27. The van der Waals surface area contributed by atoms with Crippen molar-refractivity contribution in [3.05, 3.63) is 90.1 Å². The number of hydrogen-bond donors (Lipinski definition) is 2. The summed E-state index contributed by atoms with van der Waals surface area (Å²) < 4.78 is 16.7. The summed E-state index contributed by atoms with van der Waals surface area (Å²) in [5, 5.41) is 13.5. The largest absolute Gasteiger partial charge is 0.391 e. The summed E-state index contributed by atoms with van der Waals surface area (Å²) in [7, 11) is 0. The average molecular weight is 444 g/mol. The van der Waals surface area contributed by atoms with Crippen LogP contribution in [0.25, 0.3) is 22.0 Å². The van der Waals surface area contributed by atoms with Crippen LogP contribution in [0.1, 0.15) is 41.7 Å². The van der Waals surface area contributed by atoms with Gasteiger partial charge in [-0.3, -0.25) is 9.78 Å². The number of fused-ring (bicyclic) bond motifs is 1. The summed E-state index contributed by atoms with van der Waals surface area (Å²) in [6.07, 6.45) is 6.27. The predicted molar refractivity (Wildman–Crippen MR) is 126 cm³/mol. The summed E-state index contributed by atoms with van der Waals surface area (Å²) in [6.45, 7) is 0.411. The quantitative estimate of drug-likeness (QED) is 0.460. The molecule has 2 N–H and O–H groups in total. The van der Waals surface area contributed by atoms with Gasteiger partial charge in [0.25, 0.3) is 5.91 Å². The van der Waals surface area contributed by atoms with Gasteiger partial charge in [-0.2, -0.15) is 0 Å². The number of aliphatic hydroxyl groups excluding tert-OH is 1. The summed E-state index contributed by atoms with van der Waals surface area (Å²) in [4.78, 5) is 17.7. The Morgan fingerprint density at radius 2 is 1.85 bits per heavy atom. The van der Waals surface area contributed by atoms with Gasteiger partial charge in [0.2, 0.25) is 0 Å². The van der Waals surface area contributed by atoms with Crippen molar-refractivity contribution in [3.8, 4) is 11.1 Å². The zero-order valence-electron chi connectivity index (χ0n) is 18.2. The molecule has 1 amide bonds. The highest BCUT2D eigenvalue weighted by molar-refractivity contribution is 6.07. The normalized spacial score (nSPS) is 18.4. The molecule has 6 heteroatoms. The van der Waals surface area contributed by atoms with Crippen LogP contribution in [-0.4, -0.2) is 32.7 Å². The van der Waals surface area contributed by atoms with Gasteiger partial charge >= 0.3 is 0 Å². The number of hydrogen-bond acceptors (Lipinski definition) is 3. The SMILES string of the molecule is O=C(NC1CCCCC1O)c1cn(Cc2ccc(-c3ccccc3)cn2)c2cccc(F)c12. The van der Waals surface area contributed by atoms with Crippen LogP contribution >= 0.6 is 0 Å². The number of rotatable bonds is 5. The van der Waals surface area contributed by atoms with Crippen LogP contribution < -0.4 is 5.32 Å². The van der Waals surface area contributed by atoms with Gasteiger partial charge < -0.3 is 15.0 Å². The van der Waals surface area contributed by atoms with Crippen molar-refractivity contribution in [2.45, 2.75) is 44.4 Å². The topological polar surface area (TPSA) is 67.2 Å². The molecule has 1 aliphatic rings. The van der Waals surface area contributed by atoms with E-state index in [2.05, 4.69) is 10.3 Å². The zero-order valence-corrected chi connectivity index (χ0v) is 18.2. The first kappa shape index (κ1) is 21.3. The lowest BCUT2D eigenvalue weighted by Crippen LogP contribution is -2.45. The van der Waals surface area contributed by atoms with Crippen LogP contribution in [0.15, 0.2) is 73.1 Å². The van der Waals surface area contributed by atoms with Crippen molar-refractivity contribution in [2.24, 2.45) is 0 Å². The van der Waals surface area contributed by atoms with Crippen molar-refractivity contribution in [1.29, 1.82) is 0 Å². The van der Waals surface area contributed by atoms with Gasteiger partial charge in [0.15, 0.2) is 0 Å². The van der Waals surface area contributed by atoms with E-state index < -0.39 is 11.9 Å². The lowest BCUT2D eigenvalue weighted by molar-refractivity contribution is 0.0718. The van der Waals surface area contributed by atoms with Crippen molar-refractivity contribution in [3.63, 3.8) is 0 Å². The molecule has 4 aromatic rings. The second kappa shape index (κ2) is 9.16. The zero-order chi connectivity index (χ0) is 22.8. The molecular weight excluding hydrogens is 417 g/mol. The number of amides is 1. The summed E-state index contributed by atoms with van der Waals surface area (Å²) >= 11 is 0. The van der Waals surface area contributed by atoms with Crippen molar-refractivity contribution in [2.75, 3.05) is 0 Å². The number of nitrogens with one attached hydrogen (secondary N) is 1. The second-order valence-corrected chi connectivity index (χ2v) is 8.64. The highest BCUT2D eigenvalue weighted by atomic mass is 19.1. The summed E-state index contributed by atoms with van der Waals surface area (Å²) in [5.74, 6) is -0.796. The molecular formula is C27H26FN3O2. The molecule has 33 heavy (non-hydrogen) atoms. The van der Waals surface area contributed by atoms with E-state index in [4.69, 9.17) is 0 Å². The van der Waals surface area contributed by atoms with Gasteiger partial charge in [0.1, 0.15) is 5.82 Å². The fraction of sp³-hybridized carbons (Fsp3) is 0.259. The summed E-state index contributed by atoms with van der Waals surface area (Å²) in [5.41, 5.74) is 3.84. The number of carbonyl (C=O) groups is 1. The van der Waals surface area contributed by atoms with Crippen LogP contribution in [0, 0.1) is 5.82 Å². The van der Waals surface area contributed by atoms with Crippen molar-refractivity contribution >= 4 is 16.8 Å². The molecule has 2 aromatic carbocycles. The third kappa shape index (κ3) is 4.39. The highest BCUT2D eigenvalue weighted by Gasteiger charge is 2.27. The molecule has 2 heterocycles. The van der Waals surface area contributed by atoms with Gasteiger partial charge in [0.05, 0.1) is 35.5 Å². The monoisotopic (exact) mass is 443 g/mol. The number of aromatic nitrogens is 2. The van der Waals surface area contributed by atoms with Crippen molar-refractivity contribution in [1.82, 2.24) is 14.9 Å². The summed E-state index contributed by atoms with van der Waals surface area (Å²) in [6, 6.07) is 18.5. The van der Waals surface area contributed by atoms with E-state index in [-0.39, 0.29) is 17.5 Å². The van der Waals surface area contributed by atoms with E-state index in [9.17, 15) is 14.3 Å². The third-order valence-corrected chi connectivity index (χ3v) is 6.41. The van der Waals surface area contributed by atoms with Crippen LogP contribution in [0.5, 0.6) is 0 Å². The molecule has 0 aliphatic heterocycles. The Morgan fingerprint density at radius 1 is 1.03 bits per heavy atom. The first-order valence-corrected chi connectivity index (χ1v) is 11.4. The Balaban J connectivity index is 1.43. The number of halogens is 1. The lowest BCUT2D eigenvalue weighted by Gasteiger charge is -2.28. The smallest absolute Gasteiger partial charge is 0.253 e. The first-order valence-electron chi connectivity index (χ1n) is 11.4. The van der Waals surface area contributed by atoms with Gasteiger partial charge in [-0.1, -0.05) is 55.3 Å². The molecule has 5 nitrogen and oxygen atoms in total. The molecule has 0 radical (unpaired) electrons. The molecule has 2 unspecified atom stereocenters. The maximum absolute atomic E-state index is 14.8. The molecule has 0 spiro atoms. The Bertz CT molecular complexity index is 1270.